The molecular formula is C11H24N2O2S. The Morgan fingerprint density at radius 1 is 1.25 bits per heavy atom. The minimum atomic E-state index is -0.800. The quantitative estimate of drug-likeness (QED) is 0.663. The Hall–Kier alpha value is -0.420. The third-order valence-electron chi connectivity index (χ3n) is 2.34. The van der Waals surface area contributed by atoms with Crippen molar-refractivity contribution < 1.29 is 9.00 Å². The van der Waals surface area contributed by atoms with Crippen LogP contribution in [0.5, 0.6) is 0 Å². The van der Waals surface area contributed by atoms with Gasteiger partial charge in [-0.25, -0.2) is 0 Å². The van der Waals surface area contributed by atoms with Gasteiger partial charge in [0.1, 0.15) is 0 Å². The fraction of sp³-hybridized carbons (Fsp3) is 0.909. The number of hydrogen-bond donors (Lipinski definition) is 2. The van der Waals surface area contributed by atoms with Crippen LogP contribution in [0.1, 0.15) is 33.6 Å². The number of carbonyl (C=O) groups excluding carboxylic acids is 1. The highest BCUT2D eigenvalue weighted by molar-refractivity contribution is 7.84. The topological polar surface area (TPSA) is 58.2 Å². The Morgan fingerprint density at radius 2 is 1.88 bits per heavy atom. The second kappa shape index (κ2) is 8.70. The Kier molecular flexibility index (Phi) is 8.47. The van der Waals surface area contributed by atoms with Crippen molar-refractivity contribution >= 4 is 16.7 Å². The van der Waals surface area contributed by atoms with Crippen molar-refractivity contribution in [3.05, 3.63) is 0 Å². The zero-order valence-electron chi connectivity index (χ0n) is 10.7. The molecule has 0 aliphatic heterocycles. The van der Waals surface area contributed by atoms with Crippen LogP contribution in [0, 0.1) is 0 Å². The largest absolute Gasteiger partial charge is 0.356 e. The molecule has 0 saturated heterocycles. The number of rotatable bonds is 8. The van der Waals surface area contributed by atoms with Crippen molar-refractivity contribution in [1.82, 2.24) is 10.6 Å². The van der Waals surface area contributed by atoms with Gasteiger partial charge in [-0.05, 0) is 6.42 Å². The Balaban J connectivity index is 3.47. The van der Waals surface area contributed by atoms with Crippen LogP contribution in [-0.2, 0) is 15.6 Å². The van der Waals surface area contributed by atoms with E-state index in [-0.39, 0.29) is 11.2 Å². The summed E-state index contributed by atoms with van der Waals surface area (Å²) in [7, 11) is -0.800. The zero-order valence-corrected chi connectivity index (χ0v) is 11.5. The second-order valence-electron chi connectivity index (χ2n) is 4.31. The van der Waals surface area contributed by atoms with Gasteiger partial charge in [0.25, 0.3) is 0 Å². The molecule has 2 N–H and O–H groups in total. The lowest BCUT2D eigenvalue weighted by molar-refractivity contribution is -0.121. The fourth-order valence-electron chi connectivity index (χ4n) is 1.14. The van der Waals surface area contributed by atoms with E-state index >= 15 is 0 Å². The number of hydrogen-bond acceptors (Lipinski definition) is 3. The highest BCUT2D eigenvalue weighted by Gasteiger charge is 2.06. The monoisotopic (exact) mass is 248 g/mol. The van der Waals surface area contributed by atoms with Gasteiger partial charge < -0.3 is 10.6 Å². The molecule has 0 spiro atoms. The van der Waals surface area contributed by atoms with Crippen LogP contribution in [0.4, 0.5) is 0 Å². The van der Waals surface area contributed by atoms with E-state index in [1.807, 2.05) is 6.92 Å². The molecule has 5 heteroatoms. The van der Waals surface area contributed by atoms with Crippen molar-refractivity contribution in [2.75, 3.05) is 19.3 Å². The van der Waals surface area contributed by atoms with Crippen LogP contribution >= 0.6 is 0 Å². The number of carbonyl (C=O) groups is 1. The van der Waals surface area contributed by atoms with Crippen LogP contribution in [0.15, 0.2) is 0 Å². The standard InChI is InChI=1S/C11H24N2O2S/c1-9(2)12-8-6-11(14)13-7-5-10(3)16(4)15/h9-10,12H,5-8H2,1-4H3,(H,13,14). The summed E-state index contributed by atoms with van der Waals surface area (Å²) in [5.74, 6) is 0.0576. The minimum Gasteiger partial charge on any atom is -0.356 e. The number of nitrogens with one attached hydrogen (secondary N) is 2. The predicted octanol–water partition coefficient (Wildman–Crippen LogP) is 0.648. The lowest BCUT2D eigenvalue weighted by atomic mass is 10.3. The smallest absolute Gasteiger partial charge is 0.221 e. The summed E-state index contributed by atoms with van der Waals surface area (Å²) < 4.78 is 11.1. The lowest BCUT2D eigenvalue weighted by Crippen LogP contribution is -2.32. The van der Waals surface area contributed by atoms with Gasteiger partial charge in [0.15, 0.2) is 0 Å². The van der Waals surface area contributed by atoms with Gasteiger partial charge in [-0.15, -0.1) is 0 Å². The Bertz CT molecular complexity index is 232. The van der Waals surface area contributed by atoms with Gasteiger partial charge in [0.05, 0.1) is 0 Å². The third kappa shape index (κ3) is 8.85. The highest BCUT2D eigenvalue weighted by Crippen LogP contribution is 1.97. The first-order valence-corrected chi connectivity index (χ1v) is 7.38. The second-order valence-corrected chi connectivity index (χ2v) is 6.11. The molecule has 0 aliphatic carbocycles. The van der Waals surface area contributed by atoms with Crippen molar-refractivity contribution in [1.29, 1.82) is 0 Å². The number of amides is 1. The molecule has 0 aromatic carbocycles. The van der Waals surface area contributed by atoms with Gasteiger partial charge in [0, 0.05) is 47.9 Å². The maximum Gasteiger partial charge on any atom is 0.221 e. The summed E-state index contributed by atoms with van der Waals surface area (Å²) in [6.07, 6.45) is 2.97. The predicted molar refractivity (Wildman–Crippen MR) is 68.9 cm³/mol. The third-order valence-corrected chi connectivity index (χ3v) is 3.71. The van der Waals surface area contributed by atoms with Crippen LogP contribution in [0.3, 0.4) is 0 Å². The molecule has 16 heavy (non-hydrogen) atoms. The summed E-state index contributed by atoms with van der Waals surface area (Å²) in [6.45, 7) is 7.36. The van der Waals surface area contributed by atoms with E-state index in [0.717, 1.165) is 6.42 Å². The van der Waals surface area contributed by atoms with E-state index < -0.39 is 10.8 Å². The van der Waals surface area contributed by atoms with Gasteiger partial charge in [-0.3, -0.25) is 9.00 Å². The van der Waals surface area contributed by atoms with Crippen molar-refractivity contribution in [3.63, 3.8) is 0 Å². The molecule has 0 fully saturated rings. The molecule has 96 valence electrons. The molecule has 0 heterocycles. The fourth-order valence-corrected chi connectivity index (χ4v) is 1.59. The molecular weight excluding hydrogens is 224 g/mol. The molecule has 0 rings (SSSR count). The summed E-state index contributed by atoms with van der Waals surface area (Å²) in [4.78, 5) is 11.3. The molecule has 0 aromatic rings. The maximum absolute atomic E-state index is 11.3. The average Bonchev–Trinajstić information content (AvgIpc) is 2.16. The SMILES string of the molecule is CC(C)NCCC(=O)NCCC(C)S(C)=O. The van der Waals surface area contributed by atoms with Gasteiger partial charge in [-0.1, -0.05) is 20.8 Å². The summed E-state index contributed by atoms with van der Waals surface area (Å²) in [5.41, 5.74) is 0. The average molecular weight is 248 g/mol. The first kappa shape index (κ1) is 15.6. The molecule has 1 amide bonds. The van der Waals surface area contributed by atoms with E-state index in [1.54, 1.807) is 6.26 Å². The maximum atomic E-state index is 11.3. The molecule has 2 unspecified atom stereocenters. The summed E-state index contributed by atoms with van der Waals surface area (Å²) in [5, 5.41) is 6.16. The summed E-state index contributed by atoms with van der Waals surface area (Å²) in [6, 6.07) is 0.412. The van der Waals surface area contributed by atoms with E-state index in [1.165, 1.54) is 0 Å². The lowest BCUT2D eigenvalue weighted by Gasteiger charge is -2.10. The van der Waals surface area contributed by atoms with Crippen molar-refractivity contribution in [2.24, 2.45) is 0 Å². The molecule has 4 nitrogen and oxygen atoms in total. The first-order chi connectivity index (χ1) is 7.43. The zero-order chi connectivity index (χ0) is 12.6. The first-order valence-electron chi connectivity index (χ1n) is 5.75. The molecule has 0 bridgehead atoms. The van der Waals surface area contributed by atoms with Crippen molar-refractivity contribution in [2.45, 2.75) is 44.9 Å². The molecule has 0 radical (unpaired) electrons. The van der Waals surface area contributed by atoms with E-state index in [4.69, 9.17) is 0 Å². The van der Waals surface area contributed by atoms with Gasteiger partial charge in [0.2, 0.25) is 5.91 Å². The Morgan fingerprint density at radius 3 is 2.38 bits per heavy atom. The normalized spacial score (nSPS) is 14.8. The van der Waals surface area contributed by atoms with Crippen LogP contribution < -0.4 is 10.6 Å². The van der Waals surface area contributed by atoms with Crippen LogP contribution in [-0.4, -0.2) is 40.8 Å². The van der Waals surface area contributed by atoms with E-state index in [2.05, 4.69) is 24.5 Å². The molecule has 0 saturated carbocycles. The van der Waals surface area contributed by atoms with Crippen LogP contribution in [0.25, 0.3) is 0 Å². The van der Waals surface area contributed by atoms with Crippen LogP contribution in [0.2, 0.25) is 0 Å². The van der Waals surface area contributed by atoms with Gasteiger partial charge >= 0.3 is 0 Å². The summed E-state index contributed by atoms with van der Waals surface area (Å²) >= 11 is 0. The Labute approximate surface area is 101 Å². The highest BCUT2D eigenvalue weighted by atomic mass is 32.2. The van der Waals surface area contributed by atoms with Crippen molar-refractivity contribution in [3.8, 4) is 0 Å². The molecule has 0 aliphatic rings. The van der Waals surface area contributed by atoms with Gasteiger partial charge in [-0.2, -0.15) is 0 Å². The molecule has 0 aromatic heterocycles. The van der Waals surface area contributed by atoms with E-state index in [0.29, 0.717) is 25.6 Å². The minimum absolute atomic E-state index is 0.0576. The molecule has 2 atom stereocenters. The van der Waals surface area contributed by atoms with E-state index in [9.17, 15) is 9.00 Å².